The van der Waals surface area contributed by atoms with E-state index < -0.39 is 29.5 Å². The summed E-state index contributed by atoms with van der Waals surface area (Å²) in [6.07, 6.45) is -0.401. The topological polar surface area (TPSA) is 97.6 Å². The van der Waals surface area contributed by atoms with E-state index in [0.717, 1.165) is 12.1 Å². The summed E-state index contributed by atoms with van der Waals surface area (Å²) < 4.78 is 40.7. The first-order valence-corrected chi connectivity index (χ1v) is 8.25. The third-order valence-corrected chi connectivity index (χ3v) is 3.82. The lowest BCUT2D eigenvalue weighted by Gasteiger charge is -2.17. The molecular formula is C16H13ClF3N7O. The van der Waals surface area contributed by atoms with Crippen molar-refractivity contribution in [3.63, 3.8) is 0 Å². The molecule has 2 heterocycles. The van der Waals surface area contributed by atoms with Crippen molar-refractivity contribution in [3.05, 3.63) is 59.4 Å². The van der Waals surface area contributed by atoms with Crippen LogP contribution in [0.3, 0.4) is 0 Å². The fourth-order valence-electron chi connectivity index (χ4n) is 2.38. The number of aromatic nitrogens is 5. The van der Waals surface area contributed by atoms with Crippen LogP contribution in [0.5, 0.6) is 0 Å². The second-order valence-corrected chi connectivity index (χ2v) is 6.02. The van der Waals surface area contributed by atoms with Gasteiger partial charge in [-0.2, -0.15) is 23.0 Å². The second kappa shape index (κ2) is 7.80. The number of carbonyl (C=O) groups is 1. The van der Waals surface area contributed by atoms with Crippen LogP contribution in [0.1, 0.15) is 24.4 Å². The van der Waals surface area contributed by atoms with Crippen molar-refractivity contribution in [3.8, 4) is 5.95 Å². The highest BCUT2D eigenvalue weighted by Gasteiger charge is 2.34. The number of hydrogen-bond acceptors (Lipinski definition) is 5. The van der Waals surface area contributed by atoms with E-state index in [1.807, 2.05) is 0 Å². The molecule has 1 aromatic carbocycles. The summed E-state index contributed by atoms with van der Waals surface area (Å²) in [5.74, 6) is 0.537. The summed E-state index contributed by atoms with van der Waals surface area (Å²) in [4.78, 5) is 24.4. The van der Waals surface area contributed by atoms with Crippen molar-refractivity contribution in [1.82, 2.24) is 30.0 Å². The zero-order chi connectivity index (χ0) is 20.3. The lowest BCUT2D eigenvalue weighted by Crippen LogP contribution is -2.33. The van der Waals surface area contributed by atoms with Gasteiger partial charge in [0, 0.05) is 17.4 Å². The van der Waals surface area contributed by atoms with Gasteiger partial charge in [-0.15, -0.1) is 0 Å². The van der Waals surface area contributed by atoms with Crippen LogP contribution >= 0.6 is 11.6 Å². The van der Waals surface area contributed by atoms with E-state index in [1.165, 1.54) is 29.5 Å². The molecule has 12 heteroatoms. The number of anilines is 1. The molecule has 28 heavy (non-hydrogen) atoms. The zero-order valence-corrected chi connectivity index (χ0v) is 15.0. The lowest BCUT2D eigenvalue weighted by atomic mass is 10.1. The standard InChI is InChI=1S/C16H13ClF3N7O/c1-9(13-23-8-24-27(13)14-21-5-2-6-22-14)25-15(28)26-12-4-3-10(17)7-11(12)16(18,19)20/h2-9H,1H3,(H2,25,26,28)/t9-/m0/s1. The highest BCUT2D eigenvalue weighted by Crippen LogP contribution is 2.36. The largest absolute Gasteiger partial charge is 0.418 e. The fourth-order valence-corrected chi connectivity index (χ4v) is 2.55. The Morgan fingerprint density at radius 3 is 2.61 bits per heavy atom. The van der Waals surface area contributed by atoms with E-state index in [-0.39, 0.29) is 11.0 Å². The van der Waals surface area contributed by atoms with Crippen molar-refractivity contribution in [2.75, 3.05) is 5.32 Å². The fraction of sp³-hybridized carbons (Fsp3) is 0.188. The summed E-state index contributed by atoms with van der Waals surface area (Å²) in [6.45, 7) is 1.59. The number of hydrogen-bond donors (Lipinski definition) is 2. The molecule has 0 aliphatic carbocycles. The van der Waals surface area contributed by atoms with E-state index in [2.05, 4.69) is 30.7 Å². The normalized spacial score (nSPS) is 12.5. The molecule has 0 aliphatic heterocycles. The van der Waals surface area contributed by atoms with E-state index >= 15 is 0 Å². The molecule has 0 saturated heterocycles. The third kappa shape index (κ3) is 4.36. The predicted octanol–water partition coefficient (Wildman–Crippen LogP) is 3.61. The Morgan fingerprint density at radius 1 is 1.21 bits per heavy atom. The molecule has 146 valence electrons. The van der Waals surface area contributed by atoms with E-state index in [9.17, 15) is 18.0 Å². The number of alkyl halides is 3. The highest BCUT2D eigenvalue weighted by atomic mass is 35.5. The minimum absolute atomic E-state index is 0.0948. The van der Waals surface area contributed by atoms with Crippen LogP contribution in [0.2, 0.25) is 5.02 Å². The Balaban J connectivity index is 1.76. The summed E-state index contributed by atoms with van der Waals surface area (Å²) in [5, 5.41) is 8.59. The van der Waals surface area contributed by atoms with Crippen LogP contribution < -0.4 is 10.6 Å². The van der Waals surface area contributed by atoms with Gasteiger partial charge in [0.25, 0.3) is 5.95 Å². The average Bonchev–Trinajstić information content (AvgIpc) is 3.13. The molecule has 1 atom stereocenters. The number of benzene rings is 1. The maximum Gasteiger partial charge on any atom is 0.418 e. The molecule has 2 N–H and O–H groups in total. The van der Waals surface area contributed by atoms with Gasteiger partial charge in [-0.3, -0.25) is 0 Å². The molecule has 0 fully saturated rings. The smallest absolute Gasteiger partial charge is 0.328 e. The highest BCUT2D eigenvalue weighted by molar-refractivity contribution is 6.30. The van der Waals surface area contributed by atoms with Crippen molar-refractivity contribution >= 4 is 23.3 Å². The Morgan fingerprint density at radius 2 is 1.93 bits per heavy atom. The molecule has 0 bridgehead atoms. The number of amides is 2. The van der Waals surface area contributed by atoms with Crippen molar-refractivity contribution in [2.24, 2.45) is 0 Å². The van der Waals surface area contributed by atoms with Gasteiger partial charge in [0.15, 0.2) is 5.82 Å². The molecule has 0 aliphatic rings. The molecule has 2 aromatic heterocycles. The molecule has 2 amide bonds. The number of nitrogens with one attached hydrogen (secondary N) is 2. The minimum Gasteiger partial charge on any atom is -0.328 e. The molecule has 0 unspecified atom stereocenters. The van der Waals surface area contributed by atoms with Gasteiger partial charge in [-0.05, 0) is 31.2 Å². The summed E-state index contributed by atoms with van der Waals surface area (Å²) in [6, 6.07) is 3.13. The minimum atomic E-state index is -4.68. The molecule has 3 aromatic rings. The van der Waals surface area contributed by atoms with E-state index in [0.29, 0.717) is 5.82 Å². The van der Waals surface area contributed by atoms with Crippen molar-refractivity contribution in [2.45, 2.75) is 19.1 Å². The molecule has 0 spiro atoms. The number of carbonyl (C=O) groups excluding carboxylic acids is 1. The number of halogens is 4. The van der Waals surface area contributed by atoms with Gasteiger partial charge < -0.3 is 10.6 Å². The molecular weight excluding hydrogens is 399 g/mol. The van der Waals surface area contributed by atoms with Crippen LogP contribution in [0.15, 0.2) is 43.0 Å². The van der Waals surface area contributed by atoms with Gasteiger partial charge in [0.1, 0.15) is 6.33 Å². The van der Waals surface area contributed by atoms with Crippen LogP contribution in [0, 0.1) is 0 Å². The summed E-state index contributed by atoms with van der Waals surface area (Å²) in [5.41, 5.74) is -1.47. The summed E-state index contributed by atoms with van der Waals surface area (Å²) >= 11 is 5.63. The van der Waals surface area contributed by atoms with Crippen LogP contribution in [-0.2, 0) is 6.18 Å². The van der Waals surface area contributed by atoms with Gasteiger partial charge in [-0.25, -0.2) is 19.7 Å². The Hall–Kier alpha value is -3.21. The third-order valence-electron chi connectivity index (χ3n) is 3.59. The van der Waals surface area contributed by atoms with Gasteiger partial charge in [0.05, 0.1) is 17.3 Å². The summed E-state index contributed by atoms with van der Waals surface area (Å²) in [7, 11) is 0. The molecule has 8 nitrogen and oxygen atoms in total. The van der Waals surface area contributed by atoms with E-state index in [1.54, 1.807) is 13.0 Å². The number of nitrogens with zero attached hydrogens (tertiary/aromatic N) is 5. The van der Waals surface area contributed by atoms with Crippen LogP contribution in [0.4, 0.5) is 23.7 Å². The Kier molecular flexibility index (Phi) is 5.45. The van der Waals surface area contributed by atoms with Crippen LogP contribution in [0.25, 0.3) is 5.95 Å². The number of rotatable bonds is 4. The Bertz CT molecular complexity index is 978. The molecule has 0 radical (unpaired) electrons. The quantitative estimate of drug-likeness (QED) is 0.683. The lowest BCUT2D eigenvalue weighted by molar-refractivity contribution is -0.136. The SMILES string of the molecule is C[C@H](NC(=O)Nc1ccc(Cl)cc1C(F)(F)F)c1ncnn1-c1ncccn1. The van der Waals surface area contributed by atoms with Gasteiger partial charge in [0.2, 0.25) is 0 Å². The van der Waals surface area contributed by atoms with Crippen molar-refractivity contribution in [1.29, 1.82) is 0 Å². The second-order valence-electron chi connectivity index (χ2n) is 5.59. The molecule has 3 rings (SSSR count). The van der Waals surface area contributed by atoms with Crippen LogP contribution in [-0.4, -0.2) is 30.8 Å². The molecule has 0 saturated carbocycles. The zero-order valence-electron chi connectivity index (χ0n) is 14.3. The van der Waals surface area contributed by atoms with Gasteiger partial charge >= 0.3 is 12.2 Å². The van der Waals surface area contributed by atoms with Crippen molar-refractivity contribution < 1.29 is 18.0 Å². The monoisotopic (exact) mass is 411 g/mol. The van der Waals surface area contributed by atoms with Gasteiger partial charge in [-0.1, -0.05) is 11.6 Å². The van der Waals surface area contributed by atoms with E-state index in [4.69, 9.17) is 11.6 Å². The first-order valence-electron chi connectivity index (χ1n) is 7.87. The first kappa shape index (κ1) is 19.5. The maximum absolute atomic E-state index is 13.1. The predicted molar refractivity (Wildman–Crippen MR) is 94.0 cm³/mol. The Labute approximate surface area is 161 Å². The first-order chi connectivity index (χ1) is 13.3. The maximum atomic E-state index is 13.1. The average molecular weight is 412 g/mol. The number of urea groups is 1.